The first kappa shape index (κ1) is 23.6. The number of rotatable bonds is 13. The first-order valence-electron chi connectivity index (χ1n) is 9.94. The maximum absolute atomic E-state index is 12.8. The van der Waals surface area contributed by atoms with Crippen LogP contribution in [0.4, 0.5) is 0 Å². The van der Waals surface area contributed by atoms with Gasteiger partial charge in [-0.15, -0.1) is 0 Å². The average Bonchev–Trinajstić information content (AvgIpc) is 2.67. The van der Waals surface area contributed by atoms with Crippen molar-refractivity contribution in [3.05, 3.63) is 29.8 Å². The van der Waals surface area contributed by atoms with Crippen LogP contribution >= 0.6 is 0 Å². The van der Waals surface area contributed by atoms with Crippen LogP contribution in [-0.2, 0) is 10.0 Å². The fourth-order valence-corrected chi connectivity index (χ4v) is 4.56. The van der Waals surface area contributed by atoms with E-state index in [4.69, 9.17) is 5.73 Å². The van der Waals surface area contributed by atoms with Crippen LogP contribution in [-0.4, -0.2) is 56.8 Å². The first-order valence-corrected chi connectivity index (χ1v) is 11.4. The number of carbonyl (C=O) groups is 1. The van der Waals surface area contributed by atoms with Crippen molar-refractivity contribution in [2.24, 2.45) is 5.73 Å². The van der Waals surface area contributed by atoms with E-state index in [-0.39, 0.29) is 10.8 Å². The Bertz CT molecular complexity index is 654. The fraction of sp³-hybridized carbons (Fsp3) is 0.650. The molecule has 0 unspecified atom stereocenters. The van der Waals surface area contributed by atoms with Gasteiger partial charge in [0.2, 0.25) is 10.0 Å². The summed E-state index contributed by atoms with van der Waals surface area (Å²) in [6.07, 6.45) is 5.63. The van der Waals surface area contributed by atoms with Crippen LogP contribution in [0, 0.1) is 0 Å². The molecule has 0 spiro atoms. The molecule has 1 aromatic rings. The van der Waals surface area contributed by atoms with Crippen molar-refractivity contribution in [1.82, 2.24) is 9.21 Å². The molecule has 0 saturated heterocycles. The highest BCUT2D eigenvalue weighted by atomic mass is 32.2. The second kappa shape index (κ2) is 12.1. The third kappa shape index (κ3) is 7.24. The van der Waals surface area contributed by atoms with Crippen LogP contribution in [0.15, 0.2) is 29.2 Å². The van der Waals surface area contributed by atoms with Crippen molar-refractivity contribution in [2.75, 3.05) is 33.2 Å². The van der Waals surface area contributed by atoms with Gasteiger partial charge < -0.3 is 10.6 Å². The Kier molecular flexibility index (Phi) is 10.6. The fourth-order valence-electron chi connectivity index (χ4n) is 2.94. The summed E-state index contributed by atoms with van der Waals surface area (Å²) < 4.78 is 27.1. The van der Waals surface area contributed by atoms with Crippen LogP contribution in [0.3, 0.4) is 0 Å². The molecule has 154 valence electrons. The number of unbranched alkanes of at least 4 members (excludes halogenated alkanes) is 3. The van der Waals surface area contributed by atoms with Gasteiger partial charge in [0.25, 0.3) is 5.91 Å². The Morgan fingerprint density at radius 3 is 2.00 bits per heavy atom. The van der Waals surface area contributed by atoms with Gasteiger partial charge in [-0.2, -0.15) is 4.31 Å². The van der Waals surface area contributed by atoms with E-state index in [1.807, 2.05) is 13.8 Å². The summed E-state index contributed by atoms with van der Waals surface area (Å²) in [5.74, 6) is -0.0863. The van der Waals surface area contributed by atoms with Gasteiger partial charge in [-0.3, -0.25) is 4.79 Å². The molecule has 0 aliphatic rings. The summed E-state index contributed by atoms with van der Waals surface area (Å²) in [6, 6.07) is 6.29. The van der Waals surface area contributed by atoms with Crippen LogP contribution in [0.25, 0.3) is 0 Å². The summed E-state index contributed by atoms with van der Waals surface area (Å²) >= 11 is 0. The highest BCUT2D eigenvalue weighted by Crippen LogP contribution is 2.18. The molecule has 1 amide bonds. The van der Waals surface area contributed by atoms with Crippen molar-refractivity contribution in [3.8, 4) is 0 Å². The molecule has 0 aliphatic heterocycles. The Labute approximate surface area is 164 Å². The normalized spacial score (nSPS) is 11.7. The van der Waals surface area contributed by atoms with Crippen molar-refractivity contribution >= 4 is 15.9 Å². The van der Waals surface area contributed by atoms with Gasteiger partial charge in [0.1, 0.15) is 0 Å². The highest BCUT2D eigenvalue weighted by Gasteiger charge is 2.23. The standard InChI is InChI=1S/C20H35N3O3S/c1-4-15-23(16-5-2)27(25,26)19-12-10-18(11-13-19)20(24)22(3)17-9-7-6-8-14-21/h10-13H,4-9,14-17,21H2,1-3H3. The van der Waals surface area contributed by atoms with E-state index in [9.17, 15) is 13.2 Å². The minimum absolute atomic E-state index is 0.0863. The van der Waals surface area contributed by atoms with Crippen LogP contribution < -0.4 is 5.73 Å². The number of amides is 1. The van der Waals surface area contributed by atoms with Gasteiger partial charge in [0.15, 0.2) is 0 Å². The summed E-state index contributed by atoms with van der Waals surface area (Å²) in [5.41, 5.74) is 5.99. The molecule has 0 bridgehead atoms. The number of hydrogen-bond donors (Lipinski definition) is 1. The van der Waals surface area contributed by atoms with Crippen LogP contribution in [0.5, 0.6) is 0 Å². The van der Waals surface area contributed by atoms with Crippen LogP contribution in [0.2, 0.25) is 0 Å². The molecule has 0 fully saturated rings. The smallest absolute Gasteiger partial charge is 0.253 e. The lowest BCUT2D eigenvalue weighted by atomic mass is 10.1. The molecule has 7 heteroatoms. The van der Waals surface area contributed by atoms with Gasteiger partial charge >= 0.3 is 0 Å². The quantitative estimate of drug-likeness (QED) is 0.519. The monoisotopic (exact) mass is 397 g/mol. The molecule has 1 aromatic carbocycles. The van der Waals surface area contributed by atoms with Crippen LogP contribution in [0.1, 0.15) is 62.7 Å². The molecular weight excluding hydrogens is 362 g/mol. The van der Waals surface area contributed by atoms with E-state index < -0.39 is 10.0 Å². The Morgan fingerprint density at radius 2 is 1.48 bits per heavy atom. The van der Waals surface area contributed by atoms with Gasteiger partial charge in [0.05, 0.1) is 4.90 Å². The second-order valence-electron chi connectivity index (χ2n) is 6.86. The Morgan fingerprint density at radius 1 is 0.926 bits per heavy atom. The van der Waals surface area contributed by atoms with E-state index in [0.29, 0.717) is 31.7 Å². The topological polar surface area (TPSA) is 83.7 Å². The molecule has 0 radical (unpaired) electrons. The molecule has 2 N–H and O–H groups in total. The van der Waals surface area contributed by atoms with Gasteiger partial charge in [-0.1, -0.05) is 26.7 Å². The molecular formula is C20H35N3O3S. The predicted molar refractivity (Wildman–Crippen MR) is 110 cm³/mol. The summed E-state index contributed by atoms with van der Waals surface area (Å²) in [7, 11) is -1.73. The number of benzene rings is 1. The third-order valence-electron chi connectivity index (χ3n) is 4.48. The van der Waals surface area contributed by atoms with Crippen molar-refractivity contribution in [3.63, 3.8) is 0 Å². The van der Waals surface area contributed by atoms with Crippen molar-refractivity contribution < 1.29 is 13.2 Å². The van der Waals surface area contributed by atoms with Crippen molar-refractivity contribution in [1.29, 1.82) is 0 Å². The van der Waals surface area contributed by atoms with Crippen molar-refractivity contribution in [2.45, 2.75) is 57.3 Å². The number of carbonyl (C=O) groups excluding carboxylic acids is 1. The van der Waals surface area contributed by atoms with Gasteiger partial charge in [0, 0.05) is 32.2 Å². The zero-order valence-electron chi connectivity index (χ0n) is 17.0. The molecule has 1 rings (SSSR count). The summed E-state index contributed by atoms with van der Waals surface area (Å²) in [5, 5.41) is 0. The molecule has 27 heavy (non-hydrogen) atoms. The van der Waals surface area contributed by atoms with E-state index in [1.165, 1.54) is 16.4 Å². The molecule has 0 heterocycles. The maximum atomic E-state index is 12.8. The average molecular weight is 398 g/mol. The number of nitrogens with two attached hydrogens (primary N) is 1. The van der Waals surface area contributed by atoms with E-state index in [0.717, 1.165) is 38.5 Å². The molecule has 0 saturated carbocycles. The third-order valence-corrected chi connectivity index (χ3v) is 6.39. The molecule has 0 aliphatic carbocycles. The second-order valence-corrected chi connectivity index (χ2v) is 8.80. The van der Waals surface area contributed by atoms with E-state index >= 15 is 0 Å². The first-order chi connectivity index (χ1) is 12.9. The predicted octanol–water partition coefficient (Wildman–Crippen LogP) is 3.09. The molecule has 6 nitrogen and oxygen atoms in total. The Hall–Kier alpha value is -1.44. The lowest BCUT2D eigenvalue weighted by Gasteiger charge is -2.21. The number of nitrogens with zero attached hydrogens (tertiary/aromatic N) is 2. The summed E-state index contributed by atoms with van der Waals surface area (Å²) in [6.45, 7) is 6.33. The molecule has 0 atom stereocenters. The maximum Gasteiger partial charge on any atom is 0.253 e. The lowest BCUT2D eigenvalue weighted by molar-refractivity contribution is 0.0792. The lowest BCUT2D eigenvalue weighted by Crippen LogP contribution is -2.32. The molecule has 0 aromatic heterocycles. The van der Waals surface area contributed by atoms with Gasteiger partial charge in [-0.05, 0) is 56.5 Å². The van der Waals surface area contributed by atoms with Gasteiger partial charge in [-0.25, -0.2) is 8.42 Å². The van der Waals surface area contributed by atoms with E-state index in [1.54, 1.807) is 24.1 Å². The summed E-state index contributed by atoms with van der Waals surface area (Å²) in [4.78, 5) is 14.4. The number of hydrogen-bond acceptors (Lipinski definition) is 4. The zero-order valence-corrected chi connectivity index (χ0v) is 17.8. The van der Waals surface area contributed by atoms with E-state index in [2.05, 4.69) is 0 Å². The SMILES string of the molecule is CCCN(CCC)S(=O)(=O)c1ccc(C(=O)N(C)CCCCCCN)cc1. The minimum atomic E-state index is -3.51. The number of sulfonamides is 1. The minimum Gasteiger partial charge on any atom is -0.342 e. The largest absolute Gasteiger partial charge is 0.342 e. The highest BCUT2D eigenvalue weighted by molar-refractivity contribution is 7.89. The Balaban J connectivity index is 2.75. The zero-order chi connectivity index (χ0) is 20.3.